The fraction of sp³-hybridized carbons (Fsp3) is 0.235. The molecule has 0 atom stereocenters. The summed E-state index contributed by atoms with van der Waals surface area (Å²) >= 11 is 0. The summed E-state index contributed by atoms with van der Waals surface area (Å²) in [6.07, 6.45) is 3.50. The second-order valence-electron chi connectivity index (χ2n) is 10.2. The van der Waals surface area contributed by atoms with Crippen molar-refractivity contribution in [3.8, 4) is 6.07 Å². The van der Waals surface area contributed by atoms with E-state index in [9.17, 15) is 10.1 Å². The fourth-order valence-corrected chi connectivity index (χ4v) is 5.33. The highest BCUT2D eigenvalue weighted by atomic mass is 16.2. The molecule has 39 heavy (non-hydrogen) atoms. The van der Waals surface area contributed by atoms with Gasteiger partial charge in [-0.1, -0.05) is 84.9 Å². The van der Waals surface area contributed by atoms with Gasteiger partial charge < -0.3 is 5.32 Å². The van der Waals surface area contributed by atoms with Gasteiger partial charge in [0.25, 0.3) is 0 Å². The van der Waals surface area contributed by atoms with Gasteiger partial charge in [-0.3, -0.25) is 9.80 Å². The third kappa shape index (κ3) is 7.13. The summed E-state index contributed by atoms with van der Waals surface area (Å²) in [7, 11) is 0. The Kier molecular flexibility index (Phi) is 8.68. The molecular formula is C34H34N4O. The zero-order valence-electron chi connectivity index (χ0n) is 22.2. The Hall–Kier alpha value is -4.40. The van der Waals surface area contributed by atoms with Crippen molar-refractivity contribution in [2.45, 2.75) is 32.4 Å². The van der Waals surface area contributed by atoms with E-state index < -0.39 is 0 Å². The highest BCUT2D eigenvalue weighted by molar-refractivity contribution is 6.02. The van der Waals surface area contributed by atoms with Gasteiger partial charge in [-0.2, -0.15) is 5.26 Å². The number of carbonyl (C=O) groups is 1. The summed E-state index contributed by atoms with van der Waals surface area (Å²) in [5.41, 5.74) is 5.63. The van der Waals surface area contributed by atoms with Gasteiger partial charge in [0, 0.05) is 12.2 Å². The number of anilines is 2. The van der Waals surface area contributed by atoms with Crippen molar-refractivity contribution in [2.75, 3.05) is 23.3 Å². The summed E-state index contributed by atoms with van der Waals surface area (Å²) in [6, 6.07) is 38.0. The molecule has 0 spiro atoms. The zero-order chi connectivity index (χ0) is 26.9. The average Bonchev–Trinajstić information content (AvgIpc) is 2.98. The molecule has 1 fully saturated rings. The molecule has 0 saturated carbocycles. The molecule has 4 aromatic carbocycles. The molecule has 1 saturated heterocycles. The van der Waals surface area contributed by atoms with E-state index in [1.165, 1.54) is 18.4 Å². The van der Waals surface area contributed by atoms with Crippen LogP contribution in [-0.2, 0) is 19.5 Å². The molecule has 196 valence electrons. The summed E-state index contributed by atoms with van der Waals surface area (Å²) in [4.78, 5) is 18.0. The molecule has 5 heteroatoms. The number of urea groups is 1. The van der Waals surface area contributed by atoms with Crippen molar-refractivity contribution in [2.24, 2.45) is 5.92 Å². The summed E-state index contributed by atoms with van der Waals surface area (Å²) < 4.78 is 0. The van der Waals surface area contributed by atoms with E-state index in [4.69, 9.17) is 0 Å². The van der Waals surface area contributed by atoms with Crippen LogP contribution in [0.4, 0.5) is 16.2 Å². The Bertz CT molecular complexity index is 1410. The third-order valence-electron chi connectivity index (χ3n) is 7.42. The summed E-state index contributed by atoms with van der Waals surface area (Å²) in [5.74, 6) is 0.712. The molecule has 1 N–H and O–H groups in total. The summed E-state index contributed by atoms with van der Waals surface area (Å²) in [6.45, 7) is 3.35. The van der Waals surface area contributed by atoms with Crippen LogP contribution >= 0.6 is 0 Å². The zero-order valence-corrected chi connectivity index (χ0v) is 22.2. The Morgan fingerprint density at radius 3 is 2.23 bits per heavy atom. The molecule has 1 heterocycles. The van der Waals surface area contributed by atoms with Crippen molar-refractivity contribution >= 4 is 17.4 Å². The molecule has 0 bridgehead atoms. The monoisotopic (exact) mass is 514 g/mol. The number of piperidine rings is 1. The lowest BCUT2D eigenvalue weighted by Gasteiger charge is -2.33. The van der Waals surface area contributed by atoms with Crippen LogP contribution in [0, 0.1) is 17.2 Å². The SMILES string of the molecule is N#Cc1cccc(NC(=O)N(Cc2ccccc2)c2ccccc2CN2CCC(Cc3ccccc3)CC2)c1. The number of para-hydroxylation sites is 1. The van der Waals surface area contributed by atoms with E-state index in [-0.39, 0.29) is 6.03 Å². The van der Waals surface area contributed by atoms with Crippen LogP contribution in [0.5, 0.6) is 0 Å². The maximum absolute atomic E-state index is 13.7. The van der Waals surface area contributed by atoms with Gasteiger partial charge in [0.2, 0.25) is 0 Å². The van der Waals surface area contributed by atoms with Crippen LogP contribution < -0.4 is 10.2 Å². The molecule has 1 aliphatic heterocycles. The lowest BCUT2D eigenvalue weighted by molar-refractivity contribution is 0.177. The Labute approximate surface area is 231 Å². The van der Waals surface area contributed by atoms with Gasteiger partial charge in [-0.25, -0.2) is 4.79 Å². The first kappa shape index (κ1) is 26.2. The van der Waals surface area contributed by atoms with Gasteiger partial charge in [0.1, 0.15) is 0 Å². The molecule has 5 rings (SSSR count). The predicted molar refractivity (Wildman–Crippen MR) is 157 cm³/mol. The Morgan fingerprint density at radius 2 is 1.51 bits per heavy atom. The van der Waals surface area contributed by atoms with Crippen LogP contribution in [0.2, 0.25) is 0 Å². The first-order valence-corrected chi connectivity index (χ1v) is 13.6. The second-order valence-corrected chi connectivity index (χ2v) is 10.2. The van der Waals surface area contributed by atoms with Gasteiger partial charge in [0.15, 0.2) is 0 Å². The van der Waals surface area contributed by atoms with Crippen LogP contribution in [0.25, 0.3) is 0 Å². The smallest absolute Gasteiger partial charge is 0.307 e. The van der Waals surface area contributed by atoms with Crippen LogP contribution in [0.3, 0.4) is 0 Å². The standard InChI is InChI=1S/C34H34N4O/c35-24-30-14-9-16-32(23-30)36-34(39)38(25-29-12-5-2-6-13-29)33-17-8-7-15-31(33)26-37-20-18-28(19-21-37)22-27-10-3-1-4-11-27/h1-17,23,28H,18-22,25-26H2,(H,36,39). The molecule has 4 aromatic rings. The maximum Gasteiger partial charge on any atom is 0.326 e. The average molecular weight is 515 g/mol. The topological polar surface area (TPSA) is 59.4 Å². The molecule has 0 unspecified atom stereocenters. The van der Waals surface area contributed by atoms with Crippen molar-refractivity contribution < 1.29 is 4.79 Å². The van der Waals surface area contributed by atoms with Gasteiger partial charge in [0.05, 0.1) is 23.9 Å². The van der Waals surface area contributed by atoms with Gasteiger partial charge in [-0.05, 0) is 79.2 Å². The lowest BCUT2D eigenvalue weighted by Crippen LogP contribution is -2.37. The number of nitrogens with zero attached hydrogens (tertiary/aromatic N) is 3. The van der Waals surface area contributed by atoms with Crippen molar-refractivity contribution in [1.29, 1.82) is 5.26 Å². The first-order valence-electron chi connectivity index (χ1n) is 13.6. The van der Waals surface area contributed by atoms with E-state index in [2.05, 4.69) is 58.8 Å². The molecule has 2 amide bonds. The number of hydrogen-bond acceptors (Lipinski definition) is 3. The van der Waals surface area contributed by atoms with Crippen molar-refractivity contribution in [1.82, 2.24) is 4.90 Å². The molecule has 0 aliphatic carbocycles. The highest BCUT2D eigenvalue weighted by Crippen LogP contribution is 2.28. The fourth-order valence-electron chi connectivity index (χ4n) is 5.33. The number of rotatable bonds is 8. The molecule has 5 nitrogen and oxygen atoms in total. The third-order valence-corrected chi connectivity index (χ3v) is 7.42. The minimum atomic E-state index is -0.219. The van der Waals surface area contributed by atoms with Gasteiger partial charge in [-0.15, -0.1) is 0 Å². The number of amides is 2. The number of nitrogens with one attached hydrogen (secondary N) is 1. The molecular weight excluding hydrogens is 480 g/mol. The molecule has 1 aliphatic rings. The van der Waals surface area contributed by atoms with E-state index in [1.807, 2.05) is 53.4 Å². The Balaban J connectivity index is 1.32. The van der Waals surface area contributed by atoms with E-state index >= 15 is 0 Å². The van der Waals surface area contributed by atoms with Crippen LogP contribution in [-0.4, -0.2) is 24.0 Å². The number of hydrogen-bond donors (Lipinski definition) is 1. The van der Waals surface area contributed by atoms with E-state index in [1.54, 1.807) is 18.2 Å². The maximum atomic E-state index is 13.7. The second kappa shape index (κ2) is 12.9. The van der Waals surface area contributed by atoms with Gasteiger partial charge >= 0.3 is 6.03 Å². The molecule has 0 radical (unpaired) electrons. The Morgan fingerprint density at radius 1 is 0.846 bits per heavy atom. The number of likely N-dealkylation sites (tertiary alicyclic amines) is 1. The van der Waals surface area contributed by atoms with E-state index in [0.29, 0.717) is 23.7 Å². The highest BCUT2D eigenvalue weighted by Gasteiger charge is 2.23. The predicted octanol–water partition coefficient (Wildman–Crippen LogP) is 7.25. The van der Waals surface area contributed by atoms with Crippen molar-refractivity contribution in [3.05, 3.63) is 131 Å². The minimum Gasteiger partial charge on any atom is -0.307 e. The number of carbonyl (C=O) groups excluding carboxylic acids is 1. The summed E-state index contributed by atoms with van der Waals surface area (Å²) in [5, 5.41) is 12.3. The largest absolute Gasteiger partial charge is 0.326 e. The quantitative estimate of drug-likeness (QED) is 0.269. The lowest BCUT2D eigenvalue weighted by atomic mass is 9.90. The molecule has 0 aromatic heterocycles. The van der Waals surface area contributed by atoms with Crippen LogP contribution in [0.15, 0.2) is 109 Å². The number of nitriles is 1. The minimum absolute atomic E-state index is 0.219. The normalized spacial score (nSPS) is 13.9. The van der Waals surface area contributed by atoms with E-state index in [0.717, 1.165) is 42.9 Å². The van der Waals surface area contributed by atoms with Crippen LogP contribution in [0.1, 0.15) is 35.1 Å². The van der Waals surface area contributed by atoms with Crippen molar-refractivity contribution in [3.63, 3.8) is 0 Å². The number of benzene rings is 4. The first-order chi connectivity index (χ1) is 19.2.